The zero-order valence-electron chi connectivity index (χ0n) is 10.7. The first kappa shape index (κ1) is 17.7. The van der Waals surface area contributed by atoms with Crippen molar-refractivity contribution in [2.75, 3.05) is 12.3 Å². The number of carbonyl (C=O) groups excluding carboxylic acids is 1. The van der Waals surface area contributed by atoms with Gasteiger partial charge in [0.2, 0.25) is 0 Å². The van der Waals surface area contributed by atoms with Crippen LogP contribution >= 0.6 is 11.8 Å². The van der Waals surface area contributed by atoms with Crippen LogP contribution in [0.25, 0.3) is 0 Å². The van der Waals surface area contributed by atoms with E-state index in [0.717, 1.165) is 16.7 Å². The normalized spacial score (nSPS) is 37.1. The maximum absolute atomic E-state index is 12.4. The van der Waals surface area contributed by atoms with Crippen LogP contribution in [0.1, 0.15) is 0 Å². The number of aliphatic hydroxyl groups excluding tert-OH is 3. The lowest BCUT2D eigenvalue weighted by atomic mass is 10.1. The third-order valence-electron chi connectivity index (χ3n) is 3.27. The Morgan fingerprint density at radius 2 is 1.77 bits per heavy atom. The van der Waals surface area contributed by atoms with Crippen molar-refractivity contribution in [3.63, 3.8) is 0 Å². The number of halogens is 3. The summed E-state index contributed by atoms with van der Waals surface area (Å²) in [4.78, 5) is 13.0. The molecule has 0 aliphatic carbocycles. The van der Waals surface area contributed by atoms with E-state index in [0.29, 0.717) is 5.75 Å². The summed E-state index contributed by atoms with van der Waals surface area (Å²) in [7, 11) is -6.16. The summed E-state index contributed by atoms with van der Waals surface area (Å²) in [5.74, 6) is -0.916. The van der Waals surface area contributed by atoms with Gasteiger partial charge in [-0.15, -0.1) is 11.8 Å². The highest BCUT2D eigenvalue weighted by Crippen LogP contribution is 2.35. The van der Waals surface area contributed by atoms with Crippen molar-refractivity contribution < 1.29 is 45.9 Å². The highest BCUT2D eigenvalue weighted by Gasteiger charge is 2.55. The third-order valence-corrected chi connectivity index (χ3v) is 5.59. The van der Waals surface area contributed by atoms with Crippen molar-refractivity contribution in [3.8, 4) is 0 Å². The number of amides is 1. The predicted molar refractivity (Wildman–Crippen MR) is 65.8 cm³/mol. The molecular weight excluding hydrogens is 355 g/mol. The Morgan fingerprint density at radius 3 is 2.32 bits per heavy atom. The summed E-state index contributed by atoms with van der Waals surface area (Å²) in [6, 6.07) is 0. The minimum Gasteiger partial charge on any atom is -0.387 e. The van der Waals surface area contributed by atoms with Crippen LogP contribution in [-0.2, 0) is 19.1 Å². The minimum absolute atomic E-state index is 0.0105. The second-order valence-electron chi connectivity index (χ2n) is 4.68. The Balaban J connectivity index is 2.35. The van der Waals surface area contributed by atoms with E-state index < -0.39 is 51.3 Å². The van der Waals surface area contributed by atoms with Crippen LogP contribution in [0, 0.1) is 0 Å². The number of aliphatic hydroxyl groups is 3. The fourth-order valence-corrected chi connectivity index (χ4v) is 4.03. The van der Waals surface area contributed by atoms with E-state index in [1.807, 2.05) is 0 Å². The molecule has 8 nitrogen and oxygen atoms in total. The van der Waals surface area contributed by atoms with Crippen LogP contribution in [0.5, 0.6) is 0 Å². The summed E-state index contributed by atoms with van der Waals surface area (Å²) in [5.41, 5.74) is -5.79. The summed E-state index contributed by atoms with van der Waals surface area (Å²) < 4.78 is 62.9. The molecule has 128 valence electrons. The summed E-state index contributed by atoms with van der Waals surface area (Å²) in [6.45, 7) is 0.0105. The molecule has 0 radical (unpaired) electrons. The summed E-state index contributed by atoms with van der Waals surface area (Å²) >= 11 is 1.04. The Labute approximate surface area is 127 Å². The van der Waals surface area contributed by atoms with Crippen molar-refractivity contribution in [2.24, 2.45) is 0 Å². The maximum atomic E-state index is 12.4. The summed E-state index contributed by atoms with van der Waals surface area (Å²) in [6.07, 6.45) is -8.52. The first-order chi connectivity index (χ1) is 9.97. The molecule has 5 atom stereocenters. The number of hydrogen-bond donors (Lipinski definition) is 3. The lowest BCUT2D eigenvalue weighted by molar-refractivity contribution is -0.145. The molecule has 0 aromatic heterocycles. The molecule has 2 aliphatic rings. The molecule has 2 saturated heterocycles. The van der Waals surface area contributed by atoms with Crippen LogP contribution < -0.4 is 0 Å². The standard InChI is InChI=1S/C9H12F3NO7S2/c10-9(11,12)22(18,19)20-6-4(15)3(14)5(16)8-13(7(6)17)1-2-21-8/h3-6,8,14-16H,1-2H2/t3-,4-,5+,6-,8+/m0/s1. The zero-order valence-corrected chi connectivity index (χ0v) is 12.3. The largest absolute Gasteiger partial charge is 0.523 e. The van der Waals surface area contributed by atoms with E-state index in [2.05, 4.69) is 4.18 Å². The molecule has 0 aromatic rings. The lowest BCUT2D eigenvalue weighted by Gasteiger charge is -2.26. The van der Waals surface area contributed by atoms with Crippen molar-refractivity contribution in [1.29, 1.82) is 0 Å². The molecule has 0 unspecified atom stereocenters. The SMILES string of the molecule is O=C1[C@@H](OS(=O)(=O)C(F)(F)F)[C@@H](O)[C@H](O)[C@@H](O)[C@H]2SCCN12. The molecule has 0 aromatic carbocycles. The smallest absolute Gasteiger partial charge is 0.387 e. The van der Waals surface area contributed by atoms with E-state index in [4.69, 9.17) is 0 Å². The highest BCUT2D eigenvalue weighted by molar-refractivity contribution is 8.00. The Bertz CT molecular complexity index is 554. The molecule has 1 amide bonds. The van der Waals surface area contributed by atoms with Gasteiger partial charge in [-0.05, 0) is 0 Å². The maximum Gasteiger partial charge on any atom is 0.523 e. The van der Waals surface area contributed by atoms with Crippen molar-refractivity contribution >= 4 is 27.8 Å². The van der Waals surface area contributed by atoms with Gasteiger partial charge >= 0.3 is 15.6 Å². The van der Waals surface area contributed by atoms with Crippen LogP contribution in [0.2, 0.25) is 0 Å². The van der Waals surface area contributed by atoms with Gasteiger partial charge in [0.05, 0.1) is 0 Å². The van der Waals surface area contributed by atoms with Gasteiger partial charge in [0.25, 0.3) is 5.91 Å². The molecule has 0 spiro atoms. The summed E-state index contributed by atoms with van der Waals surface area (Å²) in [5, 5.41) is 28.3. The molecule has 22 heavy (non-hydrogen) atoms. The van der Waals surface area contributed by atoms with Gasteiger partial charge < -0.3 is 20.2 Å². The van der Waals surface area contributed by atoms with E-state index in [9.17, 15) is 41.7 Å². The lowest BCUT2D eigenvalue weighted by Crippen LogP contribution is -2.49. The van der Waals surface area contributed by atoms with Crippen molar-refractivity contribution in [3.05, 3.63) is 0 Å². The molecule has 2 heterocycles. The number of nitrogens with zero attached hydrogens (tertiary/aromatic N) is 1. The number of fused-ring (bicyclic) bond motifs is 1. The monoisotopic (exact) mass is 367 g/mol. The van der Waals surface area contributed by atoms with E-state index in [-0.39, 0.29) is 6.54 Å². The van der Waals surface area contributed by atoms with Crippen LogP contribution in [0.4, 0.5) is 13.2 Å². The number of alkyl halides is 3. The number of carbonyl (C=O) groups is 1. The van der Waals surface area contributed by atoms with Crippen LogP contribution in [-0.4, -0.2) is 82.1 Å². The number of hydrogen-bond acceptors (Lipinski definition) is 8. The van der Waals surface area contributed by atoms with Gasteiger partial charge in [-0.25, -0.2) is 4.18 Å². The Morgan fingerprint density at radius 1 is 1.18 bits per heavy atom. The average Bonchev–Trinajstić information content (AvgIpc) is 2.87. The molecular formula is C9H12F3NO7S2. The molecule has 2 aliphatic heterocycles. The van der Waals surface area contributed by atoms with Crippen molar-refractivity contribution in [1.82, 2.24) is 4.90 Å². The fourth-order valence-electron chi connectivity index (χ4n) is 2.16. The van der Waals surface area contributed by atoms with Crippen LogP contribution in [0.3, 0.4) is 0 Å². The van der Waals surface area contributed by atoms with E-state index in [1.54, 1.807) is 0 Å². The fraction of sp³-hybridized carbons (Fsp3) is 0.889. The molecule has 13 heteroatoms. The molecule has 0 saturated carbocycles. The molecule has 2 fully saturated rings. The molecule has 2 rings (SSSR count). The van der Waals surface area contributed by atoms with Gasteiger partial charge in [0.1, 0.15) is 23.7 Å². The number of thioether (sulfide) groups is 1. The molecule has 3 N–H and O–H groups in total. The van der Waals surface area contributed by atoms with E-state index in [1.165, 1.54) is 0 Å². The second kappa shape index (κ2) is 5.79. The van der Waals surface area contributed by atoms with Gasteiger partial charge in [-0.3, -0.25) is 4.79 Å². The minimum atomic E-state index is -6.16. The van der Waals surface area contributed by atoms with Gasteiger partial charge in [-0.1, -0.05) is 0 Å². The van der Waals surface area contributed by atoms with Gasteiger partial charge in [0, 0.05) is 12.3 Å². The number of rotatable bonds is 2. The second-order valence-corrected chi connectivity index (χ2v) is 7.47. The topological polar surface area (TPSA) is 124 Å². The average molecular weight is 367 g/mol. The Kier molecular flexibility index (Phi) is 4.68. The zero-order chi connectivity index (χ0) is 16.9. The van der Waals surface area contributed by atoms with Gasteiger partial charge in [-0.2, -0.15) is 21.6 Å². The third kappa shape index (κ3) is 2.92. The predicted octanol–water partition coefficient (Wildman–Crippen LogP) is -1.78. The Hall–Kier alpha value is -0.600. The first-order valence-corrected chi connectivity index (χ1v) is 8.39. The first-order valence-electron chi connectivity index (χ1n) is 5.93. The van der Waals surface area contributed by atoms with Gasteiger partial charge in [0.15, 0.2) is 6.10 Å². The molecule has 0 bridgehead atoms. The van der Waals surface area contributed by atoms with E-state index >= 15 is 0 Å². The van der Waals surface area contributed by atoms with Crippen molar-refractivity contribution in [2.45, 2.75) is 35.3 Å². The quantitative estimate of drug-likeness (QED) is 0.387. The van der Waals surface area contributed by atoms with Crippen LogP contribution in [0.15, 0.2) is 0 Å². The highest BCUT2D eigenvalue weighted by atomic mass is 32.2.